The first kappa shape index (κ1) is 12.1. The van der Waals surface area contributed by atoms with Crippen molar-refractivity contribution in [1.82, 2.24) is 0 Å². The van der Waals surface area contributed by atoms with Crippen molar-refractivity contribution in [2.24, 2.45) is 0 Å². The van der Waals surface area contributed by atoms with E-state index in [1.807, 2.05) is 18.2 Å². The van der Waals surface area contributed by atoms with Gasteiger partial charge in [-0.15, -0.1) is 0 Å². The fourth-order valence-corrected chi connectivity index (χ4v) is 1.19. The molecule has 0 bridgehead atoms. The Morgan fingerprint density at radius 1 is 1.38 bits per heavy atom. The fourth-order valence-electron chi connectivity index (χ4n) is 1.19. The van der Waals surface area contributed by atoms with Gasteiger partial charge in [0.2, 0.25) is 0 Å². The van der Waals surface area contributed by atoms with E-state index >= 15 is 0 Å². The van der Waals surface area contributed by atoms with Gasteiger partial charge in [0.1, 0.15) is 5.78 Å². The van der Waals surface area contributed by atoms with E-state index in [2.05, 4.69) is 0 Å². The van der Waals surface area contributed by atoms with Crippen LogP contribution in [0.2, 0.25) is 0 Å². The Balaban J connectivity index is 2.43. The van der Waals surface area contributed by atoms with Gasteiger partial charge in [-0.2, -0.15) is 5.26 Å². The van der Waals surface area contributed by atoms with Crippen molar-refractivity contribution in [2.75, 3.05) is 13.7 Å². The van der Waals surface area contributed by atoms with Crippen molar-refractivity contribution in [3.8, 4) is 17.6 Å². The van der Waals surface area contributed by atoms with Crippen LogP contribution in [0, 0.1) is 11.3 Å². The van der Waals surface area contributed by atoms with Crippen molar-refractivity contribution < 1.29 is 14.3 Å². The Hall–Kier alpha value is -2.02. The lowest BCUT2D eigenvalue weighted by Crippen LogP contribution is -2.05. The zero-order valence-electron chi connectivity index (χ0n) is 9.10. The molecule has 0 spiro atoms. The molecule has 0 saturated heterocycles. The number of carbonyl (C=O) groups excluding carboxylic acids is 1. The van der Waals surface area contributed by atoms with Crippen LogP contribution in [-0.4, -0.2) is 19.5 Å². The third-order valence-electron chi connectivity index (χ3n) is 1.98. The monoisotopic (exact) mass is 219 g/mol. The third kappa shape index (κ3) is 3.62. The summed E-state index contributed by atoms with van der Waals surface area (Å²) in [4.78, 5) is 11.1. The third-order valence-corrected chi connectivity index (χ3v) is 1.98. The average Bonchev–Trinajstić information content (AvgIpc) is 2.30. The van der Waals surface area contributed by atoms with E-state index < -0.39 is 0 Å². The molecule has 0 aliphatic carbocycles. The van der Waals surface area contributed by atoms with E-state index in [-0.39, 0.29) is 25.2 Å². The number of ether oxygens (including phenoxy) is 2. The van der Waals surface area contributed by atoms with Crippen molar-refractivity contribution in [1.29, 1.82) is 5.26 Å². The first-order valence-corrected chi connectivity index (χ1v) is 4.92. The smallest absolute Gasteiger partial charge is 0.161 e. The van der Waals surface area contributed by atoms with Gasteiger partial charge < -0.3 is 9.47 Å². The Kier molecular flexibility index (Phi) is 4.87. The molecule has 0 aliphatic rings. The predicted octanol–water partition coefficient (Wildman–Crippen LogP) is 1.95. The highest BCUT2D eigenvalue weighted by molar-refractivity contribution is 5.80. The first-order chi connectivity index (χ1) is 7.77. The van der Waals surface area contributed by atoms with Gasteiger partial charge in [-0.25, -0.2) is 0 Å². The van der Waals surface area contributed by atoms with Gasteiger partial charge >= 0.3 is 0 Å². The van der Waals surface area contributed by atoms with Crippen molar-refractivity contribution in [3.63, 3.8) is 0 Å². The zero-order valence-corrected chi connectivity index (χ0v) is 9.10. The number of para-hydroxylation sites is 2. The number of benzene rings is 1. The Labute approximate surface area is 94.4 Å². The zero-order chi connectivity index (χ0) is 11.8. The van der Waals surface area contributed by atoms with E-state index in [0.29, 0.717) is 11.5 Å². The predicted molar refractivity (Wildman–Crippen MR) is 58.3 cm³/mol. The summed E-state index contributed by atoms with van der Waals surface area (Å²) < 4.78 is 10.5. The molecule has 84 valence electrons. The molecule has 0 fully saturated rings. The van der Waals surface area contributed by atoms with Crippen LogP contribution in [0.4, 0.5) is 0 Å². The number of nitriles is 1. The van der Waals surface area contributed by atoms with Crippen molar-refractivity contribution >= 4 is 5.78 Å². The molecule has 1 aromatic carbocycles. The molecule has 16 heavy (non-hydrogen) atoms. The van der Waals surface area contributed by atoms with Crippen LogP contribution in [0.1, 0.15) is 12.8 Å². The van der Waals surface area contributed by atoms with Crippen LogP contribution in [0.3, 0.4) is 0 Å². The second-order valence-corrected chi connectivity index (χ2v) is 3.12. The summed E-state index contributed by atoms with van der Waals surface area (Å²) in [6.07, 6.45) is 0.181. The molecule has 0 aliphatic heterocycles. The van der Waals surface area contributed by atoms with E-state index in [9.17, 15) is 4.79 Å². The largest absolute Gasteiger partial charge is 0.493 e. The molecule has 0 radical (unpaired) electrons. The van der Waals surface area contributed by atoms with Gasteiger partial charge in [-0.05, 0) is 12.1 Å². The molecule has 0 atom stereocenters. The minimum atomic E-state index is -0.114. The topological polar surface area (TPSA) is 59.3 Å². The van der Waals surface area contributed by atoms with E-state index in [1.54, 1.807) is 19.2 Å². The highest BCUT2D eigenvalue weighted by Gasteiger charge is 2.04. The summed E-state index contributed by atoms with van der Waals surface area (Å²) in [5.74, 6) is 1.13. The SMILES string of the molecule is COc1ccccc1OCCC(=O)CC#N. The maximum absolute atomic E-state index is 11.1. The minimum Gasteiger partial charge on any atom is -0.493 e. The maximum atomic E-state index is 11.1. The number of methoxy groups -OCH3 is 1. The Morgan fingerprint density at radius 3 is 2.69 bits per heavy atom. The number of rotatable bonds is 6. The highest BCUT2D eigenvalue weighted by Crippen LogP contribution is 2.25. The van der Waals surface area contributed by atoms with Crippen LogP contribution < -0.4 is 9.47 Å². The van der Waals surface area contributed by atoms with Gasteiger partial charge in [-0.1, -0.05) is 12.1 Å². The molecular weight excluding hydrogens is 206 g/mol. The molecule has 1 rings (SSSR count). The van der Waals surface area contributed by atoms with Gasteiger partial charge in [-0.3, -0.25) is 4.79 Å². The molecule has 0 heterocycles. The van der Waals surface area contributed by atoms with Crippen LogP contribution in [0.5, 0.6) is 11.5 Å². The second-order valence-electron chi connectivity index (χ2n) is 3.12. The lowest BCUT2D eigenvalue weighted by Gasteiger charge is -2.09. The lowest BCUT2D eigenvalue weighted by molar-refractivity contribution is -0.118. The lowest BCUT2D eigenvalue weighted by atomic mass is 10.2. The normalized spacial score (nSPS) is 9.25. The minimum absolute atomic E-state index is 0.0602. The van der Waals surface area contributed by atoms with Gasteiger partial charge in [0, 0.05) is 6.42 Å². The molecule has 0 amide bonds. The van der Waals surface area contributed by atoms with Gasteiger partial charge in [0.15, 0.2) is 11.5 Å². The van der Waals surface area contributed by atoms with E-state index in [4.69, 9.17) is 14.7 Å². The number of nitrogens with zero attached hydrogens (tertiary/aromatic N) is 1. The summed E-state index contributed by atoms with van der Waals surface area (Å²) in [5, 5.41) is 8.30. The fraction of sp³-hybridized carbons (Fsp3) is 0.333. The van der Waals surface area contributed by atoms with Crippen LogP contribution in [0.25, 0.3) is 0 Å². The van der Waals surface area contributed by atoms with Crippen LogP contribution >= 0.6 is 0 Å². The molecule has 0 saturated carbocycles. The second kappa shape index (κ2) is 6.46. The average molecular weight is 219 g/mol. The Morgan fingerprint density at radius 2 is 2.06 bits per heavy atom. The Bertz CT molecular complexity index is 395. The number of hydrogen-bond donors (Lipinski definition) is 0. The number of hydrogen-bond acceptors (Lipinski definition) is 4. The van der Waals surface area contributed by atoms with E-state index in [0.717, 1.165) is 0 Å². The standard InChI is InChI=1S/C12H13NO3/c1-15-11-4-2-3-5-12(11)16-9-7-10(14)6-8-13/h2-5H,6-7,9H2,1H3. The summed E-state index contributed by atoms with van der Waals surface area (Å²) in [5.41, 5.74) is 0. The first-order valence-electron chi connectivity index (χ1n) is 4.92. The van der Waals surface area contributed by atoms with Crippen LogP contribution in [0.15, 0.2) is 24.3 Å². The van der Waals surface area contributed by atoms with Gasteiger partial charge in [0.05, 0.1) is 26.2 Å². The maximum Gasteiger partial charge on any atom is 0.161 e. The molecular formula is C12H13NO3. The molecule has 1 aromatic rings. The van der Waals surface area contributed by atoms with Crippen molar-refractivity contribution in [3.05, 3.63) is 24.3 Å². The number of Topliss-reactive ketones (excluding diaryl/α,β-unsaturated/α-hetero) is 1. The molecule has 4 heteroatoms. The number of ketones is 1. The highest BCUT2D eigenvalue weighted by atomic mass is 16.5. The molecule has 4 nitrogen and oxygen atoms in total. The molecule has 0 aromatic heterocycles. The summed E-state index contributed by atoms with van der Waals surface area (Å²) in [7, 11) is 1.56. The summed E-state index contributed by atoms with van der Waals surface area (Å²) in [6, 6.07) is 9.03. The van der Waals surface area contributed by atoms with Gasteiger partial charge in [0.25, 0.3) is 0 Å². The number of carbonyl (C=O) groups is 1. The van der Waals surface area contributed by atoms with Crippen LogP contribution in [-0.2, 0) is 4.79 Å². The van der Waals surface area contributed by atoms with E-state index in [1.165, 1.54) is 0 Å². The molecule has 0 unspecified atom stereocenters. The summed E-state index contributed by atoms with van der Waals surface area (Å²) >= 11 is 0. The summed E-state index contributed by atoms with van der Waals surface area (Å²) in [6.45, 7) is 0.265. The quantitative estimate of drug-likeness (QED) is 0.733. The molecule has 0 N–H and O–H groups in total. The van der Waals surface area contributed by atoms with Crippen molar-refractivity contribution in [2.45, 2.75) is 12.8 Å².